The highest BCUT2D eigenvalue weighted by atomic mass is 16.5. The highest BCUT2D eigenvalue weighted by Crippen LogP contribution is 2.31. The van der Waals surface area contributed by atoms with E-state index in [-0.39, 0.29) is 0 Å². The van der Waals surface area contributed by atoms with Crippen LogP contribution in [0.4, 0.5) is 0 Å². The summed E-state index contributed by atoms with van der Waals surface area (Å²) in [4.78, 5) is 0. The van der Waals surface area contributed by atoms with Gasteiger partial charge in [-0.15, -0.1) is 0 Å². The summed E-state index contributed by atoms with van der Waals surface area (Å²) in [6, 6.07) is 3.94. The van der Waals surface area contributed by atoms with Crippen molar-refractivity contribution in [2.75, 3.05) is 14.2 Å². The third-order valence-electron chi connectivity index (χ3n) is 2.25. The molecule has 2 heteroatoms. The largest absolute Gasteiger partial charge is 0.496 e. The van der Waals surface area contributed by atoms with Crippen molar-refractivity contribution >= 4 is 5.57 Å². The highest BCUT2D eigenvalue weighted by Gasteiger charge is 2.08. The molecule has 1 aromatic carbocycles. The van der Waals surface area contributed by atoms with Crippen molar-refractivity contribution in [1.82, 2.24) is 0 Å². The average Bonchev–Trinajstić information content (AvgIpc) is 2.17. The number of ether oxygens (including phenoxy) is 2. The summed E-state index contributed by atoms with van der Waals surface area (Å²) in [6.45, 7) is 7.83. The summed E-state index contributed by atoms with van der Waals surface area (Å²) in [6.07, 6.45) is 0. The van der Waals surface area contributed by atoms with E-state index < -0.39 is 0 Å². The molecule has 0 aromatic heterocycles. The number of rotatable bonds is 3. The van der Waals surface area contributed by atoms with Crippen LogP contribution < -0.4 is 9.47 Å². The predicted molar refractivity (Wildman–Crippen MR) is 59.0 cm³/mol. The molecule has 0 bridgehead atoms. The molecule has 0 heterocycles. The van der Waals surface area contributed by atoms with Crippen LogP contribution in [0.1, 0.15) is 18.1 Å². The number of benzene rings is 1. The highest BCUT2D eigenvalue weighted by molar-refractivity contribution is 5.66. The molecule has 0 aliphatic carbocycles. The first-order valence-electron chi connectivity index (χ1n) is 4.48. The van der Waals surface area contributed by atoms with Crippen LogP contribution in [0, 0.1) is 6.92 Å². The van der Waals surface area contributed by atoms with Crippen molar-refractivity contribution in [1.29, 1.82) is 0 Å². The minimum atomic E-state index is 0.836. The second-order valence-corrected chi connectivity index (χ2v) is 3.29. The van der Waals surface area contributed by atoms with Crippen molar-refractivity contribution in [3.8, 4) is 11.5 Å². The quantitative estimate of drug-likeness (QED) is 0.732. The Morgan fingerprint density at radius 1 is 1.14 bits per heavy atom. The third-order valence-corrected chi connectivity index (χ3v) is 2.25. The van der Waals surface area contributed by atoms with E-state index in [2.05, 4.69) is 6.58 Å². The molecule has 0 radical (unpaired) electrons. The van der Waals surface area contributed by atoms with E-state index in [1.165, 1.54) is 0 Å². The van der Waals surface area contributed by atoms with E-state index in [9.17, 15) is 0 Å². The van der Waals surface area contributed by atoms with E-state index >= 15 is 0 Å². The monoisotopic (exact) mass is 192 g/mol. The van der Waals surface area contributed by atoms with Gasteiger partial charge in [0, 0.05) is 5.56 Å². The van der Waals surface area contributed by atoms with E-state index in [1.54, 1.807) is 14.2 Å². The minimum Gasteiger partial charge on any atom is -0.496 e. The first kappa shape index (κ1) is 10.6. The molecule has 0 aliphatic heterocycles. The van der Waals surface area contributed by atoms with Crippen LogP contribution in [0.3, 0.4) is 0 Å². The zero-order valence-electron chi connectivity index (χ0n) is 9.18. The van der Waals surface area contributed by atoms with Crippen molar-refractivity contribution in [3.05, 3.63) is 29.8 Å². The standard InChI is InChI=1S/C12H16O2/c1-8(2)10-6-11(13-4)9(3)12(7-10)14-5/h6-7H,1H2,2-5H3. The Bertz CT molecular complexity index is 328. The van der Waals surface area contributed by atoms with Crippen LogP contribution in [-0.4, -0.2) is 14.2 Å². The molecule has 0 fully saturated rings. The number of hydrogen-bond donors (Lipinski definition) is 0. The molecule has 14 heavy (non-hydrogen) atoms. The molecule has 1 aromatic rings. The fourth-order valence-corrected chi connectivity index (χ4v) is 1.33. The molecule has 0 unspecified atom stereocenters. The summed E-state index contributed by atoms with van der Waals surface area (Å²) in [5, 5.41) is 0. The van der Waals surface area contributed by atoms with Crippen LogP contribution >= 0.6 is 0 Å². The Morgan fingerprint density at radius 2 is 1.57 bits per heavy atom. The van der Waals surface area contributed by atoms with Gasteiger partial charge in [0.1, 0.15) is 11.5 Å². The summed E-state index contributed by atoms with van der Waals surface area (Å²) in [5.41, 5.74) is 3.06. The van der Waals surface area contributed by atoms with Gasteiger partial charge >= 0.3 is 0 Å². The Balaban J connectivity index is 3.32. The Labute approximate surface area is 85.2 Å². The van der Waals surface area contributed by atoms with Crippen LogP contribution in [0.2, 0.25) is 0 Å². The number of hydrogen-bond acceptors (Lipinski definition) is 2. The Hall–Kier alpha value is -1.44. The minimum absolute atomic E-state index is 0.836. The second-order valence-electron chi connectivity index (χ2n) is 3.29. The van der Waals surface area contributed by atoms with E-state index in [0.29, 0.717) is 0 Å². The third kappa shape index (κ3) is 1.90. The lowest BCUT2D eigenvalue weighted by atomic mass is 10.1. The summed E-state index contributed by atoms with van der Waals surface area (Å²) in [5.74, 6) is 1.67. The van der Waals surface area contributed by atoms with Gasteiger partial charge in [0.2, 0.25) is 0 Å². The first-order valence-corrected chi connectivity index (χ1v) is 4.48. The van der Waals surface area contributed by atoms with E-state index in [4.69, 9.17) is 9.47 Å². The first-order chi connectivity index (χ1) is 6.60. The fourth-order valence-electron chi connectivity index (χ4n) is 1.33. The summed E-state index contributed by atoms with van der Waals surface area (Å²) < 4.78 is 10.5. The van der Waals surface area contributed by atoms with Crippen molar-refractivity contribution in [2.24, 2.45) is 0 Å². The Kier molecular flexibility index (Phi) is 3.18. The molecule has 76 valence electrons. The van der Waals surface area contributed by atoms with Crippen LogP contribution in [0.15, 0.2) is 18.7 Å². The lowest BCUT2D eigenvalue weighted by molar-refractivity contribution is 0.388. The van der Waals surface area contributed by atoms with E-state index in [1.807, 2.05) is 26.0 Å². The zero-order valence-corrected chi connectivity index (χ0v) is 9.18. The molecule has 0 N–H and O–H groups in total. The molecule has 1 rings (SSSR count). The van der Waals surface area contributed by atoms with Gasteiger partial charge in [-0.2, -0.15) is 0 Å². The maximum absolute atomic E-state index is 5.26. The topological polar surface area (TPSA) is 18.5 Å². The lowest BCUT2D eigenvalue weighted by Crippen LogP contribution is -1.94. The molecule has 0 saturated heterocycles. The SMILES string of the molecule is C=C(C)c1cc(OC)c(C)c(OC)c1. The van der Waals surface area contributed by atoms with Gasteiger partial charge in [0.05, 0.1) is 14.2 Å². The normalized spacial score (nSPS) is 9.71. The zero-order chi connectivity index (χ0) is 10.7. The lowest BCUT2D eigenvalue weighted by Gasteiger charge is -2.12. The predicted octanol–water partition coefficient (Wildman–Crippen LogP) is 3.05. The van der Waals surface area contributed by atoms with Crippen LogP contribution in [0.5, 0.6) is 11.5 Å². The molecule has 2 nitrogen and oxygen atoms in total. The van der Waals surface area contributed by atoms with Gasteiger partial charge < -0.3 is 9.47 Å². The van der Waals surface area contributed by atoms with Crippen molar-refractivity contribution < 1.29 is 9.47 Å². The Morgan fingerprint density at radius 3 is 1.86 bits per heavy atom. The van der Waals surface area contributed by atoms with Gasteiger partial charge in [0.15, 0.2) is 0 Å². The van der Waals surface area contributed by atoms with E-state index in [0.717, 1.165) is 28.2 Å². The van der Waals surface area contributed by atoms with Crippen molar-refractivity contribution in [3.63, 3.8) is 0 Å². The number of methoxy groups -OCH3 is 2. The van der Waals surface area contributed by atoms with Gasteiger partial charge in [-0.05, 0) is 31.5 Å². The van der Waals surface area contributed by atoms with Gasteiger partial charge in [0.25, 0.3) is 0 Å². The molecule has 0 amide bonds. The fraction of sp³-hybridized carbons (Fsp3) is 0.333. The van der Waals surface area contributed by atoms with Gasteiger partial charge in [-0.1, -0.05) is 12.2 Å². The molecule has 0 atom stereocenters. The average molecular weight is 192 g/mol. The van der Waals surface area contributed by atoms with Crippen molar-refractivity contribution in [2.45, 2.75) is 13.8 Å². The molecular formula is C12H16O2. The van der Waals surface area contributed by atoms with Crippen LogP contribution in [-0.2, 0) is 0 Å². The molecular weight excluding hydrogens is 176 g/mol. The van der Waals surface area contributed by atoms with Gasteiger partial charge in [-0.25, -0.2) is 0 Å². The maximum Gasteiger partial charge on any atom is 0.126 e. The van der Waals surface area contributed by atoms with Crippen LogP contribution in [0.25, 0.3) is 5.57 Å². The molecule has 0 saturated carbocycles. The molecule has 0 spiro atoms. The summed E-state index contributed by atoms with van der Waals surface area (Å²) >= 11 is 0. The molecule has 0 aliphatic rings. The number of allylic oxidation sites excluding steroid dienone is 1. The summed E-state index contributed by atoms with van der Waals surface area (Å²) in [7, 11) is 3.31. The maximum atomic E-state index is 5.26. The smallest absolute Gasteiger partial charge is 0.126 e. The second kappa shape index (κ2) is 4.18. The van der Waals surface area contributed by atoms with Gasteiger partial charge in [-0.3, -0.25) is 0 Å².